The van der Waals surface area contributed by atoms with Gasteiger partial charge < -0.3 is 10.1 Å². The third kappa shape index (κ3) is 2.97. The van der Waals surface area contributed by atoms with E-state index in [2.05, 4.69) is 32.9 Å². The van der Waals surface area contributed by atoms with Gasteiger partial charge >= 0.3 is 0 Å². The van der Waals surface area contributed by atoms with Gasteiger partial charge in [0.05, 0.1) is 12.6 Å². The summed E-state index contributed by atoms with van der Waals surface area (Å²) in [5.74, 6) is 0.717. The summed E-state index contributed by atoms with van der Waals surface area (Å²) in [6, 6.07) is 0.516. The lowest BCUT2D eigenvalue weighted by Gasteiger charge is -2.29. The summed E-state index contributed by atoms with van der Waals surface area (Å²) < 4.78 is 5.60. The average molecular weight is 211 g/mol. The van der Waals surface area contributed by atoms with Crippen LogP contribution in [0.25, 0.3) is 0 Å². The van der Waals surface area contributed by atoms with Crippen molar-refractivity contribution in [3.63, 3.8) is 0 Å². The van der Waals surface area contributed by atoms with Crippen LogP contribution in [0.4, 0.5) is 0 Å². The smallest absolute Gasteiger partial charge is 0.188 e. The summed E-state index contributed by atoms with van der Waals surface area (Å²) >= 11 is 0. The van der Waals surface area contributed by atoms with Gasteiger partial charge in [0, 0.05) is 12.6 Å². The first-order chi connectivity index (χ1) is 7.38. The monoisotopic (exact) mass is 211 g/mol. The minimum absolute atomic E-state index is 0.404. The fourth-order valence-electron chi connectivity index (χ4n) is 1.84. The molecule has 6 nitrogen and oxygen atoms in total. The molecule has 0 radical (unpaired) electrons. The summed E-state index contributed by atoms with van der Waals surface area (Å²) in [6.07, 6.45) is 3.63. The van der Waals surface area contributed by atoms with E-state index in [1.807, 2.05) is 0 Å². The number of hydrogen-bond donors (Lipinski definition) is 2. The number of H-pyrrole nitrogens is 1. The zero-order chi connectivity index (χ0) is 10.5. The van der Waals surface area contributed by atoms with Gasteiger partial charge in [-0.2, -0.15) is 5.21 Å². The number of nitrogens with one attached hydrogen (secondary N) is 2. The molecule has 0 saturated carbocycles. The molecule has 1 aromatic rings. The van der Waals surface area contributed by atoms with Crippen LogP contribution in [-0.4, -0.2) is 39.4 Å². The molecule has 1 saturated heterocycles. The van der Waals surface area contributed by atoms with Gasteiger partial charge in [-0.3, -0.25) is 0 Å². The second-order valence-electron chi connectivity index (χ2n) is 3.83. The highest BCUT2D eigenvalue weighted by molar-refractivity contribution is 4.80. The third-order valence-corrected chi connectivity index (χ3v) is 2.76. The van der Waals surface area contributed by atoms with E-state index in [-0.39, 0.29) is 0 Å². The van der Waals surface area contributed by atoms with E-state index < -0.39 is 0 Å². The Kier molecular flexibility index (Phi) is 3.63. The molecule has 1 aliphatic heterocycles. The zero-order valence-electron chi connectivity index (χ0n) is 8.94. The Morgan fingerprint density at radius 2 is 2.53 bits per heavy atom. The minimum Gasteiger partial charge on any atom is -0.378 e. The highest BCUT2D eigenvalue weighted by Crippen LogP contribution is 2.16. The maximum absolute atomic E-state index is 5.60. The fourth-order valence-corrected chi connectivity index (χ4v) is 1.84. The SMILES string of the molecule is CCC1CC(NCc2nn[nH]n2)CCO1. The molecule has 84 valence electrons. The second-order valence-corrected chi connectivity index (χ2v) is 3.83. The maximum atomic E-state index is 5.60. The summed E-state index contributed by atoms with van der Waals surface area (Å²) in [6.45, 7) is 3.69. The van der Waals surface area contributed by atoms with Crippen molar-refractivity contribution in [3.05, 3.63) is 5.82 Å². The van der Waals surface area contributed by atoms with Crippen molar-refractivity contribution < 1.29 is 4.74 Å². The molecule has 2 unspecified atom stereocenters. The van der Waals surface area contributed by atoms with Crippen molar-refractivity contribution >= 4 is 0 Å². The lowest BCUT2D eigenvalue weighted by Crippen LogP contribution is -2.38. The number of nitrogens with zero attached hydrogens (tertiary/aromatic N) is 3. The van der Waals surface area contributed by atoms with Gasteiger partial charge in [0.25, 0.3) is 0 Å². The number of ether oxygens (including phenoxy) is 1. The predicted molar refractivity (Wildman–Crippen MR) is 54.1 cm³/mol. The number of aromatic amines is 1. The normalized spacial score (nSPS) is 26.7. The van der Waals surface area contributed by atoms with Crippen molar-refractivity contribution in [1.82, 2.24) is 25.9 Å². The van der Waals surface area contributed by atoms with Crippen molar-refractivity contribution in [2.75, 3.05) is 6.61 Å². The van der Waals surface area contributed by atoms with Crippen molar-refractivity contribution in [3.8, 4) is 0 Å². The van der Waals surface area contributed by atoms with E-state index in [0.717, 1.165) is 31.7 Å². The highest BCUT2D eigenvalue weighted by Gasteiger charge is 2.20. The molecule has 1 fully saturated rings. The molecule has 1 aromatic heterocycles. The molecule has 15 heavy (non-hydrogen) atoms. The number of hydrogen-bond acceptors (Lipinski definition) is 5. The fraction of sp³-hybridized carbons (Fsp3) is 0.889. The largest absolute Gasteiger partial charge is 0.378 e. The summed E-state index contributed by atoms with van der Waals surface area (Å²) in [5.41, 5.74) is 0. The summed E-state index contributed by atoms with van der Waals surface area (Å²) in [7, 11) is 0. The molecule has 0 aromatic carbocycles. The lowest BCUT2D eigenvalue weighted by molar-refractivity contribution is -0.000423. The molecule has 1 aliphatic rings. The molecule has 2 heterocycles. The van der Waals surface area contributed by atoms with Crippen molar-refractivity contribution in [1.29, 1.82) is 0 Å². The minimum atomic E-state index is 0.404. The Morgan fingerprint density at radius 3 is 3.27 bits per heavy atom. The van der Waals surface area contributed by atoms with Gasteiger partial charge in [-0.25, -0.2) is 0 Å². The molecular formula is C9H17N5O. The molecule has 0 aliphatic carbocycles. The Balaban J connectivity index is 1.74. The van der Waals surface area contributed by atoms with E-state index in [9.17, 15) is 0 Å². The van der Waals surface area contributed by atoms with Crippen LogP contribution in [0, 0.1) is 0 Å². The molecule has 0 spiro atoms. The Morgan fingerprint density at radius 1 is 1.60 bits per heavy atom. The van der Waals surface area contributed by atoms with E-state index >= 15 is 0 Å². The zero-order valence-corrected chi connectivity index (χ0v) is 8.94. The standard InChI is InChI=1S/C9H17N5O/c1-2-8-5-7(3-4-15-8)10-6-9-11-13-14-12-9/h7-8,10H,2-6H2,1H3,(H,11,12,13,14). The molecule has 2 N–H and O–H groups in total. The van der Waals surface area contributed by atoms with Crippen LogP contribution < -0.4 is 5.32 Å². The first-order valence-corrected chi connectivity index (χ1v) is 5.45. The summed E-state index contributed by atoms with van der Waals surface area (Å²) in [5, 5.41) is 17.2. The van der Waals surface area contributed by atoms with Crippen LogP contribution in [0.3, 0.4) is 0 Å². The van der Waals surface area contributed by atoms with E-state index in [1.54, 1.807) is 0 Å². The molecule has 0 amide bonds. The Hall–Kier alpha value is -1.01. The summed E-state index contributed by atoms with van der Waals surface area (Å²) in [4.78, 5) is 0. The van der Waals surface area contributed by atoms with Crippen LogP contribution in [0.2, 0.25) is 0 Å². The van der Waals surface area contributed by atoms with Crippen LogP contribution in [0.5, 0.6) is 0 Å². The van der Waals surface area contributed by atoms with E-state index in [0.29, 0.717) is 18.7 Å². The topological polar surface area (TPSA) is 75.7 Å². The Labute approximate surface area is 88.8 Å². The van der Waals surface area contributed by atoms with E-state index in [1.165, 1.54) is 0 Å². The van der Waals surface area contributed by atoms with Crippen LogP contribution >= 0.6 is 0 Å². The predicted octanol–water partition coefficient (Wildman–Crippen LogP) is 0.247. The van der Waals surface area contributed by atoms with Gasteiger partial charge in [-0.1, -0.05) is 12.1 Å². The number of aromatic nitrogens is 4. The second kappa shape index (κ2) is 5.18. The highest BCUT2D eigenvalue weighted by atomic mass is 16.5. The number of tetrazole rings is 1. The average Bonchev–Trinajstić information content (AvgIpc) is 2.79. The lowest BCUT2D eigenvalue weighted by atomic mass is 10.0. The first-order valence-electron chi connectivity index (χ1n) is 5.45. The van der Waals surface area contributed by atoms with E-state index in [4.69, 9.17) is 4.74 Å². The van der Waals surface area contributed by atoms with Gasteiger partial charge in [-0.15, -0.1) is 10.2 Å². The maximum Gasteiger partial charge on any atom is 0.188 e. The van der Waals surface area contributed by atoms with Gasteiger partial charge in [-0.05, 0) is 19.3 Å². The molecule has 2 atom stereocenters. The van der Waals surface area contributed by atoms with Crippen molar-refractivity contribution in [2.45, 2.75) is 44.9 Å². The van der Waals surface area contributed by atoms with Crippen molar-refractivity contribution in [2.24, 2.45) is 0 Å². The molecular weight excluding hydrogens is 194 g/mol. The molecule has 2 rings (SSSR count). The quantitative estimate of drug-likeness (QED) is 0.746. The van der Waals surface area contributed by atoms with Crippen LogP contribution in [-0.2, 0) is 11.3 Å². The third-order valence-electron chi connectivity index (χ3n) is 2.76. The van der Waals surface area contributed by atoms with Crippen LogP contribution in [0.1, 0.15) is 32.0 Å². The van der Waals surface area contributed by atoms with Gasteiger partial charge in [0.1, 0.15) is 0 Å². The van der Waals surface area contributed by atoms with Gasteiger partial charge in [0.15, 0.2) is 5.82 Å². The molecule has 6 heteroatoms. The molecule has 0 bridgehead atoms. The Bertz CT molecular complexity index is 276. The number of rotatable bonds is 4. The van der Waals surface area contributed by atoms with Gasteiger partial charge in [0.2, 0.25) is 0 Å². The first kappa shape index (κ1) is 10.5. The van der Waals surface area contributed by atoms with Crippen LogP contribution in [0.15, 0.2) is 0 Å².